The minimum atomic E-state index is -0.209. The van der Waals surface area contributed by atoms with Crippen LogP contribution in [-0.4, -0.2) is 45.3 Å². The van der Waals surface area contributed by atoms with E-state index in [-0.39, 0.29) is 11.9 Å². The number of rotatable bonds is 9. The second kappa shape index (κ2) is 9.20. The van der Waals surface area contributed by atoms with Gasteiger partial charge in [-0.1, -0.05) is 18.2 Å². The van der Waals surface area contributed by atoms with E-state index in [4.69, 9.17) is 9.47 Å². The van der Waals surface area contributed by atoms with Crippen molar-refractivity contribution < 1.29 is 19.1 Å². The molecule has 22 heavy (non-hydrogen) atoms. The van der Waals surface area contributed by atoms with Crippen LogP contribution >= 0.6 is 0 Å². The molecule has 122 valence electrons. The monoisotopic (exact) mass is 308 g/mol. The first-order valence-corrected chi connectivity index (χ1v) is 7.73. The van der Waals surface area contributed by atoms with Gasteiger partial charge in [-0.2, -0.15) is 0 Å². The lowest BCUT2D eigenvalue weighted by atomic mass is 10.2. The van der Waals surface area contributed by atoms with E-state index in [1.165, 1.54) is 0 Å². The molecule has 5 heteroatoms. The third-order valence-electron chi connectivity index (χ3n) is 3.61. The van der Waals surface area contributed by atoms with Crippen molar-refractivity contribution in [1.82, 2.24) is 4.48 Å². The summed E-state index contributed by atoms with van der Waals surface area (Å²) in [6.07, 6.45) is 0.643. The summed E-state index contributed by atoms with van der Waals surface area (Å²) in [5, 5.41) is 0. The first kappa shape index (κ1) is 18.2. The maximum absolute atomic E-state index is 11.6. The molecular weight excluding hydrogens is 282 g/mol. The van der Waals surface area contributed by atoms with Gasteiger partial charge in [-0.25, -0.2) is 0 Å². The molecule has 1 aromatic carbocycles. The third-order valence-corrected chi connectivity index (χ3v) is 3.61. The first-order valence-electron chi connectivity index (χ1n) is 7.73. The first-order chi connectivity index (χ1) is 10.5. The van der Waals surface area contributed by atoms with Crippen molar-refractivity contribution >= 4 is 17.6 Å². The van der Waals surface area contributed by atoms with Crippen LogP contribution in [0.15, 0.2) is 30.3 Å². The minimum absolute atomic E-state index is 0.209. The van der Waals surface area contributed by atoms with E-state index in [1.54, 1.807) is 13.8 Å². The van der Waals surface area contributed by atoms with E-state index < -0.39 is 0 Å². The zero-order valence-electron chi connectivity index (χ0n) is 13.7. The van der Waals surface area contributed by atoms with E-state index in [2.05, 4.69) is 0 Å². The fourth-order valence-corrected chi connectivity index (χ4v) is 2.30. The smallest absolute Gasteiger partial charge is 0.311 e. The van der Waals surface area contributed by atoms with Gasteiger partial charge < -0.3 is 9.47 Å². The molecule has 0 fully saturated rings. The normalized spacial score (nSPS) is 11.0. The van der Waals surface area contributed by atoms with Crippen molar-refractivity contribution in [2.24, 2.45) is 0 Å². The average molecular weight is 308 g/mol. The number of para-hydroxylation sites is 1. The number of hydrogen-bond donors (Lipinski definition) is 0. The van der Waals surface area contributed by atoms with Gasteiger partial charge in [-0.3, -0.25) is 14.1 Å². The summed E-state index contributed by atoms with van der Waals surface area (Å²) in [6, 6.07) is 9.89. The SMILES string of the molecule is CCOC(=O)CC[N+](C)(CCC(=O)OCC)c1ccccc1. The zero-order valence-corrected chi connectivity index (χ0v) is 13.7. The standard InChI is InChI=1S/C17H26NO4/c1-4-21-16(19)11-13-18(3,14-12-17(20)22-5-2)15-9-7-6-8-10-15/h6-10H,4-5,11-14H2,1-3H3/q+1. The van der Waals surface area contributed by atoms with E-state index in [1.807, 2.05) is 37.4 Å². The predicted molar refractivity (Wildman–Crippen MR) is 86.4 cm³/mol. The van der Waals surface area contributed by atoms with E-state index in [0.29, 0.717) is 43.6 Å². The number of nitrogens with zero attached hydrogens (tertiary/aromatic N) is 1. The number of ether oxygens (including phenoxy) is 2. The summed E-state index contributed by atoms with van der Waals surface area (Å²) >= 11 is 0. The van der Waals surface area contributed by atoms with Gasteiger partial charge in [0.1, 0.15) is 5.69 Å². The van der Waals surface area contributed by atoms with Crippen LogP contribution < -0.4 is 4.48 Å². The molecule has 0 aliphatic carbocycles. The van der Waals surface area contributed by atoms with Crippen LogP contribution in [0, 0.1) is 0 Å². The van der Waals surface area contributed by atoms with Gasteiger partial charge in [-0.05, 0) is 26.0 Å². The fraction of sp³-hybridized carbons (Fsp3) is 0.529. The Labute approximate surface area is 132 Å². The lowest BCUT2D eigenvalue weighted by molar-refractivity contribution is -0.143. The molecule has 0 saturated carbocycles. The highest BCUT2D eigenvalue weighted by molar-refractivity contribution is 5.71. The number of hydrogen-bond acceptors (Lipinski definition) is 4. The van der Waals surface area contributed by atoms with Gasteiger partial charge in [0.2, 0.25) is 0 Å². The molecule has 0 amide bonds. The van der Waals surface area contributed by atoms with Gasteiger partial charge in [0, 0.05) is 0 Å². The molecule has 0 bridgehead atoms. The fourth-order valence-electron chi connectivity index (χ4n) is 2.30. The molecule has 0 aliphatic heterocycles. The molecule has 0 spiro atoms. The number of esters is 2. The van der Waals surface area contributed by atoms with Crippen molar-refractivity contribution in [3.63, 3.8) is 0 Å². The van der Waals surface area contributed by atoms with Gasteiger partial charge in [0.15, 0.2) is 0 Å². The summed E-state index contributed by atoms with van der Waals surface area (Å²) in [5.74, 6) is -0.419. The van der Waals surface area contributed by atoms with Crippen LogP contribution in [-0.2, 0) is 19.1 Å². The highest BCUT2D eigenvalue weighted by Gasteiger charge is 2.27. The summed E-state index contributed by atoms with van der Waals surface area (Å²) in [5.41, 5.74) is 1.07. The summed E-state index contributed by atoms with van der Waals surface area (Å²) in [7, 11) is 2.02. The van der Waals surface area contributed by atoms with E-state index in [0.717, 1.165) is 5.69 Å². The summed E-state index contributed by atoms with van der Waals surface area (Å²) in [4.78, 5) is 23.3. The molecule has 0 unspecified atom stereocenters. The predicted octanol–water partition coefficient (Wildman–Crippen LogP) is 2.53. The van der Waals surface area contributed by atoms with E-state index in [9.17, 15) is 9.59 Å². The topological polar surface area (TPSA) is 52.6 Å². The maximum atomic E-state index is 11.6. The Kier molecular flexibility index (Phi) is 7.60. The second-order valence-corrected chi connectivity index (χ2v) is 5.29. The number of carbonyl (C=O) groups excluding carboxylic acids is 2. The van der Waals surface area contributed by atoms with Crippen LogP contribution in [0.5, 0.6) is 0 Å². The Morgan fingerprint density at radius 3 is 1.77 bits per heavy atom. The van der Waals surface area contributed by atoms with Crippen molar-refractivity contribution in [3.05, 3.63) is 30.3 Å². The molecule has 0 radical (unpaired) electrons. The van der Waals surface area contributed by atoms with Gasteiger partial charge in [0.25, 0.3) is 0 Å². The molecule has 0 aliphatic rings. The van der Waals surface area contributed by atoms with Gasteiger partial charge in [-0.15, -0.1) is 0 Å². The lowest BCUT2D eigenvalue weighted by Crippen LogP contribution is -2.48. The molecule has 5 nitrogen and oxygen atoms in total. The number of carbonyl (C=O) groups is 2. The van der Waals surface area contributed by atoms with Crippen LogP contribution in [0.1, 0.15) is 26.7 Å². The quantitative estimate of drug-likeness (QED) is 0.519. The highest BCUT2D eigenvalue weighted by atomic mass is 16.5. The molecule has 0 atom stereocenters. The molecule has 1 aromatic rings. The lowest BCUT2D eigenvalue weighted by Gasteiger charge is -2.33. The molecule has 0 N–H and O–H groups in total. The van der Waals surface area contributed by atoms with Crippen molar-refractivity contribution in [2.45, 2.75) is 26.7 Å². The maximum Gasteiger partial charge on any atom is 0.311 e. The van der Waals surface area contributed by atoms with Crippen molar-refractivity contribution in [2.75, 3.05) is 33.4 Å². The Morgan fingerprint density at radius 1 is 0.909 bits per heavy atom. The van der Waals surface area contributed by atoms with Crippen LogP contribution in [0.2, 0.25) is 0 Å². The van der Waals surface area contributed by atoms with E-state index >= 15 is 0 Å². The average Bonchev–Trinajstić information content (AvgIpc) is 2.52. The molecule has 0 heterocycles. The minimum Gasteiger partial charge on any atom is -0.466 e. The van der Waals surface area contributed by atoms with Gasteiger partial charge >= 0.3 is 11.9 Å². The Balaban J connectivity index is 2.76. The van der Waals surface area contributed by atoms with Gasteiger partial charge in [0.05, 0.1) is 46.2 Å². The highest BCUT2D eigenvalue weighted by Crippen LogP contribution is 2.22. The molecular formula is C17H26NO4+. The summed E-state index contributed by atoms with van der Waals surface area (Å²) < 4.78 is 10.5. The Hall–Kier alpha value is -1.88. The number of benzene rings is 1. The van der Waals surface area contributed by atoms with Crippen LogP contribution in [0.4, 0.5) is 5.69 Å². The molecule has 0 aromatic heterocycles. The van der Waals surface area contributed by atoms with Crippen molar-refractivity contribution in [1.29, 1.82) is 0 Å². The van der Waals surface area contributed by atoms with Crippen LogP contribution in [0.3, 0.4) is 0 Å². The Morgan fingerprint density at radius 2 is 1.36 bits per heavy atom. The molecule has 0 saturated heterocycles. The Bertz CT molecular complexity index is 451. The van der Waals surface area contributed by atoms with Crippen LogP contribution in [0.25, 0.3) is 0 Å². The molecule has 1 rings (SSSR count). The second-order valence-electron chi connectivity index (χ2n) is 5.29. The summed E-state index contributed by atoms with van der Waals surface area (Å²) in [6.45, 7) is 5.53. The van der Waals surface area contributed by atoms with Crippen molar-refractivity contribution in [3.8, 4) is 0 Å². The number of quaternary nitrogens is 1. The largest absolute Gasteiger partial charge is 0.466 e. The zero-order chi connectivity index (χ0) is 16.4. The third kappa shape index (κ3) is 5.85.